The lowest BCUT2D eigenvalue weighted by Gasteiger charge is -2.09. The minimum absolute atomic E-state index is 0.520. The summed E-state index contributed by atoms with van der Waals surface area (Å²) in [7, 11) is 0. The predicted octanol–water partition coefficient (Wildman–Crippen LogP) is 3.74. The van der Waals surface area contributed by atoms with Crippen molar-refractivity contribution in [3.05, 3.63) is 34.9 Å². The third kappa shape index (κ3) is 3.86. The highest BCUT2D eigenvalue weighted by Gasteiger charge is 2.10. The molecule has 0 aliphatic rings. The van der Waals surface area contributed by atoms with E-state index in [1.54, 1.807) is 35.2 Å². The maximum Gasteiger partial charge on any atom is 0.175 e. The summed E-state index contributed by atoms with van der Waals surface area (Å²) in [5, 5.41) is 18.8. The van der Waals surface area contributed by atoms with Gasteiger partial charge in [0.2, 0.25) is 0 Å². The van der Waals surface area contributed by atoms with Crippen LogP contribution in [-0.4, -0.2) is 27.3 Å². The Balaban J connectivity index is 1.91. The number of aliphatic hydroxyl groups excluding tert-OH is 1. The van der Waals surface area contributed by atoms with Crippen LogP contribution in [0.5, 0.6) is 0 Å². The van der Waals surface area contributed by atoms with Gasteiger partial charge in [-0.25, -0.2) is 0 Å². The number of hydrogen-bond donors (Lipinski definition) is 1. The highest BCUT2D eigenvalue weighted by molar-refractivity contribution is 8.02. The van der Waals surface area contributed by atoms with Gasteiger partial charge < -0.3 is 5.11 Å². The third-order valence-corrected chi connectivity index (χ3v) is 5.54. The zero-order chi connectivity index (χ0) is 13.0. The summed E-state index contributed by atoms with van der Waals surface area (Å²) < 4.78 is 1.82. The maximum absolute atomic E-state index is 10.0. The molecule has 1 aromatic carbocycles. The van der Waals surface area contributed by atoms with Crippen LogP contribution in [0.25, 0.3) is 0 Å². The minimum atomic E-state index is -0.520. The topological polar surface area (TPSA) is 46.0 Å². The van der Waals surface area contributed by atoms with E-state index < -0.39 is 6.10 Å². The Morgan fingerprint density at radius 3 is 2.56 bits per heavy atom. The second-order valence-corrected chi connectivity index (χ2v) is 7.15. The highest BCUT2D eigenvalue weighted by atomic mass is 35.5. The summed E-state index contributed by atoms with van der Waals surface area (Å²) in [5.41, 5.74) is 0.863. The van der Waals surface area contributed by atoms with Gasteiger partial charge in [0.15, 0.2) is 8.68 Å². The predicted molar refractivity (Wildman–Crippen MR) is 78.8 cm³/mol. The molecule has 3 nitrogen and oxygen atoms in total. The van der Waals surface area contributed by atoms with Gasteiger partial charge in [-0.15, -0.1) is 10.2 Å². The Morgan fingerprint density at radius 2 is 1.94 bits per heavy atom. The lowest BCUT2D eigenvalue weighted by atomic mass is 10.1. The average molecular weight is 319 g/mol. The smallest absolute Gasteiger partial charge is 0.175 e. The summed E-state index contributed by atoms with van der Waals surface area (Å²) in [4.78, 5) is 0. The standard InChI is InChI=1S/C11H11ClN2OS3/c1-16-10-13-14-11(18-10)17-6-9(15)7-2-4-8(12)5-3-7/h2-5,9,15H,6H2,1H3. The molecule has 0 saturated heterocycles. The van der Waals surface area contributed by atoms with Gasteiger partial charge in [-0.1, -0.05) is 58.6 Å². The fraction of sp³-hybridized carbons (Fsp3) is 0.273. The quantitative estimate of drug-likeness (QED) is 0.851. The van der Waals surface area contributed by atoms with Crippen LogP contribution in [0.1, 0.15) is 11.7 Å². The first kappa shape index (κ1) is 14.1. The van der Waals surface area contributed by atoms with Crippen molar-refractivity contribution in [2.24, 2.45) is 0 Å². The van der Waals surface area contributed by atoms with E-state index in [1.165, 1.54) is 11.8 Å². The van der Waals surface area contributed by atoms with Crippen molar-refractivity contribution in [3.63, 3.8) is 0 Å². The maximum atomic E-state index is 10.0. The average Bonchev–Trinajstić information content (AvgIpc) is 2.85. The van der Waals surface area contributed by atoms with E-state index in [4.69, 9.17) is 11.6 Å². The van der Waals surface area contributed by atoms with Crippen LogP contribution >= 0.6 is 46.5 Å². The zero-order valence-corrected chi connectivity index (χ0v) is 12.7. The molecule has 1 atom stereocenters. The van der Waals surface area contributed by atoms with Crippen molar-refractivity contribution in [1.29, 1.82) is 0 Å². The van der Waals surface area contributed by atoms with Crippen LogP contribution < -0.4 is 0 Å². The lowest BCUT2D eigenvalue weighted by molar-refractivity contribution is 0.204. The largest absolute Gasteiger partial charge is 0.388 e. The number of halogens is 1. The van der Waals surface area contributed by atoms with Gasteiger partial charge in [-0.05, 0) is 24.0 Å². The molecule has 1 heterocycles. The molecule has 0 spiro atoms. The summed E-state index contributed by atoms with van der Waals surface area (Å²) >= 11 is 10.4. The summed E-state index contributed by atoms with van der Waals surface area (Å²) in [6.07, 6.45) is 1.45. The molecule has 0 bridgehead atoms. The minimum Gasteiger partial charge on any atom is -0.388 e. The molecule has 2 rings (SSSR count). The molecule has 2 aromatic rings. The highest BCUT2D eigenvalue weighted by Crippen LogP contribution is 2.30. The molecule has 0 radical (unpaired) electrons. The number of thioether (sulfide) groups is 2. The van der Waals surface area contributed by atoms with Crippen molar-refractivity contribution in [2.45, 2.75) is 14.8 Å². The van der Waals surface area contributed by atoms with Crippen molar-refractivity contribution in [2.75, 3.05) is 12.0 Å². The number of nitrogens with zero attached hydrogens (tertiary/aromatic N) is 2. The molecule has 18 heavy (non-hydrogen) atoms. The number of rotatable bonds is 5. The summed E-state index contributed by atoms with van der Waals surface area (Å²) in [5.74, 6) is 0.560. The van der Waals surface area contributed by atoms with Crippen molar-refractivity contribution < 1.29 is 5.11 Å². The third-order valence-electron chi connectivity index (χ3n) is 2.18. The van der Waals surface area contributed by atoms with E-state index in [-0.39, 0.29) is 0 Å². The van der Waals surface area contributed by atoms with Crippen LogP contribution in [0.3, 0.4) is 0 Å². The van der Waals surface area contributed by atoms with Gasteiger partial charge in [0.05, 0.1) is 6.10 Å². The first-order valence-electron chi connectivity index (χ1n) is 5.13. The molecule has 96 valence electrons. The van der Waals surface area contributed by atoms with Crippen LogP contribution in [0.2, 0.25) is 5.02 Å². The molecular formula is C11H11ClN2OS3. The van der Waals surface area contributed by atoms with Gasteiger partial charge in [0, 0.05) is 10.8 Å². The Labute approximate surface area is 123 Å². The molecule has 0 aliphatic carbocycles. The molecule has 0 fully saturated rings. The molecule has 1 unspecified atom stereocenters. The lowest BCUT2D eigenvalue weighted by Crippen LogP contribution is -1.99. The number of aromatic nitrogens is 2. The molecule has 0 amide bonds. The van der Waals surface area contributed by atoms with Crippen molar-refractivity contribution in [1.82, 2.24) is 10.2 Å². The molecule has 1 aromatic heterocycles. The van der Waals surface area contributed by atoms with E-state index in [1.807, 2.05) is 18.4 Å². The summed E-state index contributed by atoms with van der Waals surface area (Å²) in [6.45, 7) is 0. The van der Waals surface area contributed by atoms with Crippen LogP contribution in [0.15, 0.2) is 32.9 Å². The normalized spacial score (nSPS) is 12.6. The molecule has 7 heteroatoms. The van der Waals surface area contributed by atoms with E-state index in [0.717, 1.165) is 14.2 Å². The van der Waals surface area contributed by atoms with Gasteiger partial charge in [0.1, 0.15) is 0 Å². The molecular weight excluding hydrogens is 308 g/mol. The first-order valence-corrected chi connectivity index (χ1v) is 8.53. The SMILES string of the molecule is CSc1nnc(SCC(O)c2ccc(Cl)cc2)s1. The first-order chi connectivity index (χ1) is 8.69. The van der Waals surface area contributed by atoms with Crippen LogP contribution in [-0.2, 0) is 0 Å². The second-order valence-electron chi connectivity index (χ2n) is 3.42. The van der Waals surface area contributed by atoms with E-state index in [2.05, 4.69) is 10.2 Å². The molecule has 0 aliphatic heterocycles. The van der Waals surface area contributed by atoms with E-state index >= 15 is 0 Å². The Hall–Kier alpha value is -0.270. The fourth-order valence-corrected chi connectivity index (χ4v) is 3.83. The summed E-state index contributed by atoms with van der Waals surface area (Å²) in [6, 6.07) is 7.23. The number of benzene rings is 1. The van der Waals surface area contributed by atoms with Gasteiger partial charge in [-0.2, -0.15) is 0 Å². The van der Waals surface area contributed by atoms with Crippen LogP contribution in [0, 0.1) is 0 Å². The zero-order valence-electron chi connectivity index (χ0n) is 9.54. The van der Waals surface area contributed by atoms with Gasteiger partial charge >= 0.3 is 0 Å². The number of aliphatic hydroxyl groups is 1. The Kier molecular flexibility index (Phi) is 5.32. The Morgan fingerprint density at radius 1 is 1.28 bits per heavy atom. The van der Waals surface area contributed by atoms with E-state index in [0.29, 0.717) is 10.8 Å². The molecule has 1 N–H and O–H groups in total. The van der Waals surface area contributed by atoms with Crippen molar-refractivity contribution >= 4 is 46.5 Å². The number of hydrogen-bond acceptors (Lipinski definition) is 6. The van der Waals surface area contributed by atoms with Gasteiger partial charge in [-0.3, -0.25) is 0 Å². The van der Waals surface area contributed by atoms with Gasteiger partial charge in [0.25, 0.3) is 0 Å². The Bertz CT molecular complexity index is 503. The monoisotopic (exact) mass is 318 g/mol. The van der Waals surface area contributed by atoms with Crippen LogP contribution in [0.4, 0.5) is 0 Å². The molecule has 0 saturated carbocycles. The fourth-order valence-electron chi connectivity index (χ4n) is 1.27. The van der Waals surface area contributed by atoms with E-state index in [9.17, 15) is 5.11 Å². The van der Waals surface area contributed by atoms with Crippen molar-refractivity contribution in [3.8, 4) is 0 Å². The second kappa shape index (κ2) is 6.77.